The minimum absolute atomic E-state index is 0.155. The Balaban J connectivity index is 1.41. The van der Waals surface area contributed by atoms with E-state index in [2.05, 4.69) is 10.6 Å². The number of nitrogens with zero attached hydrogens (tertiary/aromatic N) is 1. The zero-order valence-corrected chi connectivity index (χ0v) is 19.9. The van der Waals surface area contributed by atoms with Gasteiger partial charge in [-0.25, -0.2) is 0 Å². The van der Waals surface area contributed by atoms with Gasteiger partial charge in [-0.1, -0.05) is 23.7 Å². The number of fused-ring (bicyclic) bond motifs is 2. The number of methoxy groups -OCH3 is 1. The number of anilines is 1. The van der Waals surface area contributed by atoms with Gasteiger partial charge in [0.05, 0.1) is 23.2 Å². The minimum Gasteiger partial charge on any atom is -0.496 e. The molecular formula is C25H22ClN3O4S. The number of ether oxygens (including phenoxy) is 1. The molecule has 0 radical (unpaired) electrons. The van der Waals surface area contributed by atoms with Crippen molar-refractivity contribution in [2.24, 2.45) is 0 Å². The van der Waals surface area contributed by atoms with E-state index < -0.39 is 6.04 Å². The van der Waals surface area contributed by atoms with E-state index in [0.29, 0.717) is 46.3 Å². The molecule has 1 aromatic heterocycles. The van der Waals surface area contributed by atoms with Gasteiger partial charge in [-0.05, 0) is 60.2 Å². The molecule has 7 nitrogen and oxygen atoms in total. The fourth-order valence-electron chi connectivity index (χ4n) is 4.53. The summed E-state index contributed by atoms with van der Waals surface area (Å²) in [5.41, 5.74) is 2.40. The van der Waals surface area contributed by atoms with Crippen molar-refractivity contribution in [3.05, 3.63) is 69.4 Å². The first-order valence-corrected chi connectivity index (χ1v) is 12.1. The summed E-state index contributed by atoms with van der Waals surface area (Å²) in [5, 5.41) is 8.31. The zero-order valence-electron chi connectivity index (χ0n) is 18.3. The van der Waals surface area contributed by atoms with Gasteiger partial charge in [0.15, 0.2) is 0 Å². The Morgan fingerprint density at radius 1 is 1.18 bits per heavy atom. The summed E-state index contributed by atoms with van der Waals surface area (Å²) in [4.78, 5) is 41.3. The summed E-state index contributed by atoms with van der Waals surface area (Å²) in [6.45, 7) is 0.371. The van der Waals surface area contributed by atoms with E-state index in [1.54, 1.807) is 48.4 Å². The predicted octanol–water partition coefficient (Wildman–Crippen LogP) is 4.43. The summed E-state index contributed by atoms with van der Waals surface area (Å²) in [7, 11) is 1.58. The van der Waals surface area contributed by atoms with Crippen LogP contribution in [0.5, 0.6) is 5.75 Å². The maximum atomic E-state index is 13.5. The molecule has 2 atom stereocenters. The Morgan fingerprint density at radius 2 is 2.03 bits per heavy atom. The molecule has 0 spiro atoms. The average molecular weight is 496 g/mol. The van der Waals surface area contributed by atoms with Crippen molar-refractivity contribution in [1.82, 2.24) is 10.2 Å². The molecule has 174 valence electrons. The SMILES string of the molecule is COc1ccc(Cl)cc1-c1ccc2c(c1)C(=O)N1CCC(NC(=O)c3cccs3)CC1C(=O)N2. The fourth-order valence-corrected chi connectivity index (χ4v) is 5.33. The van der Waals surface area contributed by atoms with Gasteiger partial charge in [0.25, 0.3) is 11.8 Å². The minimum atomic E-state index is -0.661. The number of hydrogen-bond donors (Lipinski definition) is 2. The Bertz CT molecular complexity index is 1280. The summed E-state index contributed by atoms with van der Waals surface area (Å²) in [5.74, 6) is 0.00585. The maximum absolute atomic E-state index is 13.5. The topological polar surface area (TPSA) is 87.7 Å². The Kier molecular flexibility index (Phi) is 6.02. The normalized spacial score (nSPS) is 19.5. The number of piperidine rings is 1. The molecule has 3 amide bonds. The summed E-state index contributed by atoms with van der Waals surface area (Å²) >= 11 is 7.57. The molecule has 34 heavy (non-hydrogen) atoms. The highest BCUT2D eigenvalue weighted by atomic mass is 35.5. The van der Waals surface area contributed by atoms with Crippen LogP contribution in [-0.4, -0.2) is 48.4 Å². The van der Waals surface area contributed by atoms with Gasteiger partial charge in [-0.2, -0.15) is 0 Å². The Labute approximate surface area is 205 Å². The first-order valence-electron chi connectivity index (χ1n) is 10.9. The molecule has 2 aromatic carbocycles. The zero-order chi connectivity index (χ0) is 23.8. The Morgan fingerprint density at radius 3 is 2.79 bits per heavy atom. The standard InChI is InChI=1S/C25H22ClN3O4S/c1-33-21-7-5-15(26)12-17(21)14-4-6-19-18(11-14)25(32)29-9-8-16(13-20(29)23(30)28-19)27-24(31)22-3-2-10-34-22/h2-7,10-12,16,20H,8-9,13H2,1H3,(H,27,31)(H,28,30). The van der Waals surface area contributed by atoms with E-state index in [1.165, 1.54) is 11.3 Å². The van der Waals surface area contributed by atoms with E-state index in [1.807, 2.05) is 17.5 Å². The summed E-state index contributed by atoms with van der Waals surface area (Å²) in [6, 6.07) is 13.4. The highest BCUT2D eigenvalue weighted by molar-refractivity contribution is 7.12. The predicted molar refractivity (Wildman–Crippen MR) is 132 cm³/mol. The van der Waals surface area contributed by atoms with Crippen LogP contribution in [0.3, 0.4) is 0 Å². The molecule has 0 saturated carbocycles. The molecule has 1 fully saturated rings. The maximum Gasteiger partial charge on any atom is 0.261 e. The summed E-state index contributed by atoms with van der Waals surface area (Å²) < 4.78 is 5.47. The van der Waals surface area contributed by atoms with Gasteiger partial charge in [0.2, 0.25) is 5.91 Å². The largest absolute Gasteiger partial charge is 0.496 e. The number of carbonyl (C=O) groups excluding carboxylic acids is 3. The monoisotopic (exact) mass is 495 g/mol. The average Bonchev–Trinajstić information content (AvgIpc) is 3.36. The van der Waals surface area contributed by atoms with E-state index >= 15 is 0 Å². The van der Waals surface area contributed by atoms with Crippen molar-refractivity contribution < 1.29 is 19.1 Å². The highest BCUT2D eigenvalue weighted by Crippen LogP contribution is 2.36. The first kappa shape index (κ1) is 22.4. The van der Waals surface area contributed by atoms with Crippen molar-refractivity contribution in [1.29, 1.82) is 0 Å². The van der Waals surface area contributed by atoms with Crippen molar-refractivity contribution in [2.75, 3.05) is 19.0 Å². The van der Waals surface area contributed by atoms with Crippen LogP contribution in [0.1, 0.15) is 32.9 Å². The van der Waals surface area contributed by atoms with E-state index in [9.17, 15) is 14.4 Å². The molecule has 9 heteroatoms. The third-order valence-corrected chi connectivity index (χ3v) is 7.33. The lowest BCUT2D eigenvalue weighted by atomic mass is 9.95. The van der Waals surface area contributed by atoms with Gasteiger partial charge < -0.3 is 20.3 Å². The third kappa shape index (κ3) is 4.15. The number of benzene rings is 2. The molecule has 3 aromatic rings. The second kappa shape index (κ2) is 9.12. The smallest absolute Gasteiger partial charge is 0.261 e. The molecule has 0 bridgehead atoms. The number of hydrogen-bond acceptors (Lipinski definition) is 5. The number of thiophene rings is 1. The van der Waals surface area contributed by atoms with Crippen LogP contribution in [0.4, 0.5) is 5.69 Å². The quantitative estimate of drug-likeness (QED) is 0.560. The number of amides is 3. The van der Waals surface area contributed by atoms with Crippen molar-refractivity contribution in [2.45, 2.75) is 24.9 Å². The van der Waals surface area contributed by atoms with Crippen molar-refractivity contribution in [3.63, 3.8) is 0 Å². The van der Waals surface area contributed by atoms with Gasteiger partial charge in [0, 0.05) is 23.2 Å². The van der Waals surface area contributed by atoms with Crippen molar-refractivity contribution in [3.8, 4) is 16.9 Å². The van der Waals surface area contributed by atoms with Gasteiger partial charge in [-0.3, -0.25) is 14.4 Å². The van der Waals surface area contributed by atoms with Gasteiger partial charge in [-0.15, -0.1) is 11.3 Å². The molecule has 5 rings (SSSR count). The highest BCUT2D eigenvalue weighted by Gasteiger charge is 2.40. The molecule has 2 aliphatic rings. The van der Waals surface area contributed by atoms with Crippen molar-refractivity contribution >= 4 is 46.3 Å². The van der Waals surface area contributed by atoms with Crippen LogP contribution >= 0.6 is 22.9 Å². The van der Waals surface area contributed by atoms with Gasteiger partial charge in [0.1, 0.15) is 11.8 Å². The van der Waals surface area contributed by atoms with Crippen LogP contribution in [0.25, 0.3) is 11.1 Å². The van der Waals surface area contributed by atoms with Crippen LogP contribution in [0, 0.1) is 0 Å². The van der Waals surface area contributed by atoms with E-state index in [-0.39, 0.29) is 23.8 Å². The fraction of sp³-hybridized carbons (Fsp3) is 0.240. The second-order valence-electron chi connectivity index (χ2n) is 8.28. The van der Waals surface area contributed by atoms with Crippen LogP contribution < -0.4 is 15.4 Å². The summed E-state index contributed by atoms with van der Waals surface area (Å²) in [6.07, 6.45) is 0.932. The second-order valence-corrected chi connectivity index (χ2v) is 9.66. The lowest BCUT2D eigenvalue weighted by molar-refractivity contribution is -0.121. The van der Waals surface area contributed by atoms with E-state index in [4.69, 9.17) is 16.3 Å². The number of carbonyl (C=O) groups is 3. The van der Waals surface area contributed by atoms with E-state index in [0.717, 1.165) is 11.1 Å². The Hall–Kier alpha value is -3.36. The van der Waals surface area contributed by atoms with Crippen LogP contribution in [-0.2, 0) is 4.79 Å². The number of halogens is 1. The van der Waals surface area contributed by atoms with Gasteiger partial charge >= 0.3 is 0 Å². The molecular weight excluding hydrogens is 474 g/mol. The number of rotatable bonds is 4. The molecule has 2 aliphatic heterocycles. The lowest BCUT2D eigenvalue weighted by Gasteiger charge is -2.37. The van der Waals surface area contributed by atoms with Crippen LogP contribution in [0.2, 0.25) is 5.02 Å². The number of nitrogens with one attached hydrogen (secondary N) is 2. The molecule has 3 heterocycles. The first-order chi connectivity index (χ1) is 16.4. The molecule has 1 saturated heterocycles. The van der Waals surface area contributed by atoms with Crippen LogP contribution in [0.15, 0.2) is 53.9 Å². The molecule has 2 unspecified atom stereocenters. The molecule has 2 N–H and O–H groups in total. The third-order valence-electron chi connectivity index (χ3n) is 6.23. The molecule has 0 aliphatic carbocycles. The lowest BCUT2D eigenvalue weighted by Crippen LogP contribution is -2.54.